The van der Waals surface area contributed by atoms with Gasteiger partial charge < -0.3 is 9.84 Å². The number of rotatable bonds is 2. The van der Waals surface area contributed by atoms with E-state index >= 15 is 0 Å². The number of benzene rings is 1. The van der Waals surface area contributed by atoms with Crippen molar-refractivity contribution < 1.29 is 9.84 Å². The van der Waals surface area contributed by atoms with Crippen LogP contribution < -0.4 is 4.74 Å². The first kappa shape index (κ1) is 10.1. The normalized spacial score (nSPS) is 25.7. The van der Waals surface area contributed by atoms with Gasteiger partial charge >= 0.3 is 0 Å². The van der Waals surface area contributed by atoms with Crippen molar-refractivity contribution in [1.29, 1.82) is 0 Å². The van der Waals surface area contributed by atoms with Crippen molar-refractivity contribution in [3.8, 4) is 5.75 Å². The van der Waals surface area contributed by atoms with E-state index in [-0.39, 0.29) is 6.10 Å². The highest BCUT2D eigenvalue weighted by atomic mass is 16.5. The molecule has 2 aliphatic heterocycles. The van der Waals surface area contributed by atoms with E-state index in [1.807, 2.05) is 12.1 Å². The third-order valence-electron chi connectivity index (χ3n) is 3.50. The molecule has 2 aliphatic rings. The maximum absolute atomic E-state index is 9.28. The summed E-state index contributed by atoms with van der Waals surface area (Å²) >= 11 is 0. The summed E-state index contributed by atoms with van der Waals surface area (Å²) in [6.07, 6.45) is 0.985. The highest BCUT2D eigenvalue weighted by molar-refractivity contribution is 5.38. The van der Waals surface area contributed by atoms with Gasteiger partial charge in [0.25, 0.3) is 0 Å². The Balaban J connectivity index is 1.72. The number of aliphatic hydroxyl groups is 1. The Morgan fingerprint density at radius 1 is 1.31 bits per heavy atom. The van der Waals surface area contributed by atoms with Crippen LogP contribution in [0.5, 0.6) is 5.75 Å². The van der Waals surface area contributed by atoms with Gasteiger partial charge in [-0.25, -0.2) is 0 Å². The predicted molar refractivity (Wildman–Crippen MR) is 61.7 cm³/mol. The molecule has 3 nitrogen and oxygen atoms in total. The molecule has 3 heteroatoms. The van der Waals surface area contributed by atoms with Gasteiger partial charge in [0.15, 0.2) is 0 Å². The molecular formula is C13H17NO2. The highest BCUT2D eigenvalue weighted by Gasteiger charge is 2.29. The molecule has 0 aromatic heterocycles. The summed E-state index contributed by atoms with van der Waals surface area (Å²) in [6.45, 7) is 3.54. The van der Waals surface area contributed by atoms with Crippen LogP contribution in [-0.4, -0.2) is 42.4 Å². The molecule has 1 fully saturated rings. The molecule has 2 heterocycles. The quantitative estimate of drug-likeness (QED) is 0.812. The van der Waals surface area contributed by atoms with Crippen molar-refractivity contribution in [1.82, 2.24) is 4.90 Å². The lowest BCUT2D eigenvalue weighted by Gasteiger charge is -2.39. The van der Waals surface area contributed by atoms with E-state index in [4.69, 9.17) is 4.74 Å². The molecule has 3 rings (SSSR count). The van der Waals surface area contributed by atoms with E-state index < -0.39 is 0 Å². The molecule has 1 unspecified atom stereocenters. The Morgan fingerprint density at radius 2 is 2.12 bits per heavy atom. The van der Waals surface area contributed by atoms with Gasteiger partial charge in [0.2, 0.25) is 0 Å². The Morgan fingerprint density at radius 3 is 2.94 bits per heavy atom. The molecule has 1 N–H and O–H groups in total. The second-order valence-electron chi connectivity index (χ2n) is 4.74. The van der Waals surface area contributed by atoms with E-state index in [0.29, 0.717) is 5.92 Å². The molecule has 16 heavy (non-hydrogen) atoms. The fourth-order valence-corrected chi connectivity index (χ4v) is 2.61. The smallest absolute Gasteiger partial charge is 0.122 e. The van der Waals surface area contributed by atoms with Crippen LogP contribution in [0.4, 0.5) is 0 Å². The average Bonchev–Trinajstić information content (AvgIpc) is 2.27. The maximum atomic E-state index is 9.28. The Bertz CT molecular complexity index is 374. The van der Waals surface area contributed by atoms with Gasteiger partial charge in [-0.2, -0.15) is 0 Å². The van der Waals surface area contributed by atoms with Crippen molar-refractivity contribution in [3.05, 3.63) is 29.8 Å². The third kappa shape index (κ3) is 1.81. The minimum atomic E-state index is -0.102. The summed E-state index contributed by atoms with van der Waals surface area (Å²) in [5, 5.41) is 9.28. The molecule has 0 spiro atoms. The molecular weight excluding hydrogens is 202 g/mol. The zero-order valence-corrected chi connectivity index (χ0v) is 9.30. The first-order chi connectivity index (χ1) is 7.83. The summed E-state index contributed by atoms with van der Waals surface area (Å²) in [4.78, 5) is 2.32. The van der Waals surface area contributed by atoms with Gasteiger partial charge in [-0.3, -0.25) is 4.90 Å². The Kier molecular flexibility index (Phi) is 2.58. The van der Waals surface area contributed by atoms with Crippen LogP contribution >= 0.6 is 0 Å². The first-order valence-corrected chi connectivity index (χ1v) is 5.95. The molecule has 0 amide bonds. The van der Waals surface area contributed by atoms with Crippen LogP contribution in [-0.2, 0) is 0 Å². The lowest BCUT2D eigenvalue weighted by Crippen LogP contribution is -2.52. The van der Waals surface area contributed by atoms with Crippen LogP contribution in [0.15, 0.2) is 24.3 Å². The highest BCUT2D eigenvalue weighted by Crippen LogP contribution is 2.34. The van der Waals surface area contributed by atoms with E-state index in [2.05, 4.69) is 17.0 Å². The van der Waals surface area contributed by atoms with Crippen LogP contribution in [0, 0.1) is 0 Å². The van der Waals surface area contributed by atoms with E-state index in [0.717, 1.165) is 38.4 Å². The number of likely N-dealkylation sites (tertiary alicyclic amines) is 1. The van der Waals surface area contributed by atoms with Crippen LogP contribution in [0.25, 0.3) is 0 Å². The second-order valence-corrected chi connectivity index (χ2v) is 4.74. The number of para-hydroxylation sites is 1. The molecule has 0 aliphatic carbocycles. The lowest BCUT2D eigenvalue weighted by atomic mass is 9.91. The van der Waals surface area contributed by atoms with Crippen LogP contribution in [0.3, 0.4) is 0 Å². The van der Waals surface area contributed by atoms with Gasteiger partial charge in [0.1, 0.15) is 5.75 Å². The van der Waals surface area contributed by atoms with Gasteiger partial charge in [0.05, 0.1) is 12.7 Å². The lowest BCUT2D eigenvalue weighted by molar-refractivity contribution is -0.00322. The van der Waals surface area contributed by atoms with Crippen LogP contribution in [0.2, 0.25) is 0 Å². The Labute approximate surface area is 95.6 Å². The monoisotopic (exact) mass is 219 g/mol. The number of hydrogen-bond acceptors (Lipinski definition) is 3. The standard InChI is InChI=1S/C13H17NO2/c15-11-8-14(9-11)7-10-5-6-16-13-4-2-1-3-12(10)13/h1-4,10-11,15H,5-9H2. The van der Waals surface area contributed by atoms with Gasteiger partial charge in [0, 0.05) is 25.6 Å². The number of fused-ring (bicyclic) bond motifs is 1. The number of aliphatic hydroxyl groups excluding tert-OH is 1. The summed E-state index contributed by atoms with van der Waals surface area (Å²) in [7, 11) is 0. The van der Waals surface area contributed by atoms with E-state index in [1.165, 1.54) is 5.56 Å². The zero-order valence-electron chi connectivity index (χ0n) is 9.30. The summed E-state index contributed by atoms with van der Waals surface area (Å²) in [5.41, 5.74) is 1.33. The topological polar surface area (TPSA) is 32.7 Å². The molecule has 1 aromatic carbocycles. The predicted octanol–water partition coefficient (Wildman–Crippen LogP) is 1.23. The maximum Gasteiger partial charge on any atom is 0.122 e. The van der Waals surface area contributed by atoms with Gasteiger partial charge in [-0.1, -0.05) is 18.2 Å². The van der Waals surface area contributed by atoms with Crippen molar-refractivity contribution >= 4 is 0 Å². The largest absolute Gasteiger partial charge is 0.493 e. The fourth-order valence-electron chi connectivity index (χ4n) is 2.61. The summed E-state index contributed by atoms with van der Waals surface area (Å²) < 4.78 is 5.64. The zero-order chi connectivity index (χ0) is 11.0. The van der Waals surface area contributed by atoms with Crippen molar-refractivity contribution in [2.75, 3.05) is 26.2 Å². The van der Waals surface area contributed by atoms with E-state index in [1.54, 1.807) is 0 Å². The van der Waals surface area contributed by atoms with Crippen molar-refractivity contribution in [3.63, 3.8) is 0 Å². The Hall–Kier alpha value is -1.06. The summed E-state index contributed by atoms with van der Waals surface area (Å²) in [5.74, 6) is 1.61. The molecule has 1 aromatic rings. The van der Waals surface area contributed by atoms with Gasteiger partial charge in [-0.15, -0.1) is 0 Å². The van der Waals surface area contributed by atoms with Crippen molar-refractivity contribution in [2.45, 2.75) is 18.4 Å². The van der Waals surface area contributed by atoms with Crippen LogP contribution in [0.1, 0.15) is 17.9 Å². The second kappa shape index (κ2) is 4.07. The minimum Gasteiger partial charge on any atom is -0.493 e. The number of nitrogens with zero attached hydrogens (tertiary/aromatic N) is 1. The number of β-amino-alcohol motifs (C(OH)–C–C–N with tert-alkyl or cyclic N) is 1. The molecule has 1 saturated heterocycles. The first-order valence-electron chi connectivity index (χ1n) is 5.95. The number of hydrogen-bond donors (Lipinski definition) is 1. The average molecular weight is 219 g/mol. The summed E-state index contributed by atoms with van der Waals surface area (Å²) in [6, 6.07) is 8.31. The molecule has 86 valence electrons. The van der Waals surface area contributed by atoms with E-state index in [9.17, 15) is 5.11 Å². The third-order valence-corrected chi connectivity index (χ3v) is 3.50. The number of ether oxygens (including phenoxy) is 1. The SMILES string of the molecule is OC1CN(CC2CCOc3ccccc32)C1. The molecule has 0 saturated carbocycles. The van der Waals surface area contributed by atoms with Gasteiger partial charge in [-0.05, 0) is 18.1 Å². The minimum absolute atomic E-state index is 0.102. The fraction of sp³-hybridized carbons (Fsp3) is 0.538. The molecule has 0 radical (unpaired) electrons. The molecule has 1 atom stereocenters. The van der Waals surface area contributed by atoms with Crippen molar-refractivity contribution in [2.24, 2.45) is 0 Å². The molecule has 0 bridgehead atoms.